The zero-order chi connectivity index (χ0) is 18.7. The first-order chi connectivity index (χ1) is 12.3. The van der Waals surface area contributed by atoms with Gasteiger partial charge in [0, 0.05) is 30.3 Å². The molecule has 0 saturated carbocycles. The Hall–Kier alpha value is -2.84. The number of nitrogens with zero attached hydrogens (tertiary/aromatic N) is 2. The number of nitrogens with one attached hydrogen (secondary N) is 2. The zero-order valence-corrected chi connectivity index (χ0v) is 13.7. The van der Waals surface area contributed by atoms with Crippen molar-refractivity contribution in [1.29, 1.82) is 0 Å². The van der Waals surface area contributed by atoms with E-state index >= 15 is 0 Å². The van der Waals surface area contributed by atoms with Crippen molar-refractivity contribution in [1.82, 2.24) is 14.9 Å². The predicted octanol–water partition coefficient (Wildman–Crippen LogP) is 2.82. The Morgan fingerprint density at radius 2 is 1.96 bits per heavy atom. The lowest BCUT2D eigenvalue weighted by atomic mass is 9.95. The van der Waals surface area contributed by atoms with E-state index in [-0.39, 0.29) is 31.8 Å². The quantitative estimate of drug-likeness (QED) is 0.877. The number of imidazole rings is 1. The standard InChI is InChI=1S/C17H17F3N4O2/c18-17(19,20)16(26)24-6-4-11(5-7-24)15(25)23-13-3-1-2-12(8-13)14-9-21-10-22-14/h1-3,8-11H,4-7H2,(H,21,22)(H,23,25). The Labute approximate surface area is 147 Å². The second-order valence-corrected chi connectivity index (χ2v) is 6.10. The summed E-state index contributed by atoms with van der Waals surface area (Å²) < 4.78 is 37.4. The summed E-state index contributed by atoms with van der Waals surface area (Å²) >= 11 is 0. The molecule has 138 valence electrons. The number of likely N-dealkylation sites (tertiary alicyclic amines) is 1. The lowest BCUT2D eigenvalue weighted by Gasteiger charge is -2.31. The van der Waals surface area contributed by atoms with Gasteiger partial charge in [-0.3, -0.25) is 9.59 Å². The van der Waals surface area contributed by atoms with Gasteiger partial charge in [0.15, 0.2) is 0 Å². The monoisotopic (exact) mass is 366 g/mol. The normalized spacial score (nSPS) is 15.7. The van der Waals surface area contributed by atoms with Gasteiger partial charge in [0.1, 0.15) is 0 Å². The highest BCUT2D eigenvalue weighted by Crippen LogP contribution is 2.25. The number of hydrogen-bond donors (Lipinski definition) is 2. The zero-order valence-electron chi connectivity index (χ0n) is 13.7. The summed E-state index contributed by atoms with van der Waals surface area (Å²) in [5, 5.41) is 2.79. The minimum absolute atomic E-state index is 0.0788. The van der Waals surface area contributed by atoms with Crippen LogP contribution in [0.3, 0.4) is 0 Å². The molecule has 9 heteroatoms. The second-order valence-electron chi connectivity index (χ2n) is 6.10. The van der Waals surface area contributed by atoms with Gasteiger partial charge in [-0.1, -0.05) is 12.1 Å². The number of aromatic amines is 1. The highest BCUT2D eigenvalue weighted by Gasteiger charge is 2.43. The highest BCUT2D eigenvalue weighted by molar-refractivity contribution is 5.93. The molecule has 2 N–H and O–H groups in total. The minimum atomic E-state index is -4.87. The van der Waals surface area contributed by atoms with Crippen molar-refractivity contribution in [2.75, 3.05) is 18.4 Å². The van der Waals surface area contributed by atoms with Crippen molar-refractivity contribution in [3.63, 3.8) is 0 Å². The minimum Gasteiger partial charge on any atom is -0.345 e. The van der Waals surface area contributed by atoms with E-state index in [0.717, 1.165) is 16.2 Å². The van der Waals surface area contributed by atoms with Crippen LogP contribution in [0, 0.1) is 5.92 Å². The fourth-order valence-electron chi connectivity index (χ4n) is 2.95. The molecular formula is C17H17F3N4O2. The van der Waals surface area contributed by atoms with Crippen molar-refractivity contribution in [3.8, 4) is 11.3 Å². The maximum atomic E-state index is 12.5. The fraction of sp³-hybridized carbons (Fsp3) is 0.353. The first kappa shape index (κ1) is 18.0. The number of carbonyl (C=O) groups is 2. The van der Waals surface area contributed by atoms with Crippen molar-refractivity contribution in [2.24, 2.45) is 5.92 Å². The second kappa shape index (κ2) is 7.19. The third kappa shape index (κ3) is 4.04. The van der Waals surface area contributed by atoms with Crippen LogP contribution in [0.1, 0.15) is 12.8 Å². The number of rotatable bonds is 3. The van der Waals surface area contributed by atoms with Crippen LogP contribution in [0.2, 0.25) is 0 Å². The van der Waals surface area contributed by atoms with E-state index in [1.807, 2.05) is 6.07 Å². The lowest BCUT2D eigenvalue weighted by Crippen LogP contribution is -2.46. The predicted molar refractivity (Wildman–Crippen MR) is 88.0 cm³/mol. The van der Waals surface area contributed by atoms with Crippen LogP contribution in [0.5, 0.6) is 0 Å². The first-order valence-corrected chi connectivity index (χ1v) is 8.10. The number of piperidine rings is 1. The number of aromatic nitrogens is 2. The summed E-state index contributed by atoms with van der Waals surface area (Å²) in [4.78, 5) is 31.3. The number of alkyl halides is 3. The molecule has 1 saturated heterocycles. The summed E-state index contributed by atoms with van der Waals surface area (Å²) in [7, 11) is 0. The SMILES string of the molecule is O=C(Nc1cccc(-c2cnc[nH]2)c1)C1CCN(C(=O)C(F)(F)F)CC1. The van der Waals surface area contributed by atoms with Crippen LogP contribution in [0.25, 0.3) is 11.3 Å². The molecule has 0 atom stereocenters. The van der Waals surface area contributed by atoms with E-state index in [0.29, 0.717) is 5.69 Å². The molecule has 0 bridgehead atoms. The Balaban J connectivity index is 1.58. The molecule has 1 aliphatic rings. The number of carbonyl (C=O) groups excluding carboxylic acids is 2. The van der Waals surface area contributed by atoms with Crippen LogP contribution in [-0.4, -0.2) is 45.9 Å². The number of benzene rings is 1. The molecule has 26 heavy (non-hydrogen) atoms. The lowest BCUT2D eigenvalue weighted by molar-refractivity contribution is -0.186. The molecule has 1 aromatic carbocycles. The Morgan fingerprint density at radius 1 is 1.23 bits per heavy atom. The maximum Gasteiger partial charge on any atom is 0.471 e. The molecule has 0 aliphatic carbocycles. The number of anilines is 1. The summed E-state index contributed by atoms with van der Waals surface area (Å²) in [6.07, 6.45) is -1.26. The third-order valence-corrected chi connectivity index (χ3v) is 4.33. The average molecular weight is 366 g/mol. The van der Waals surface area contributed by atoms with Gasteiger partial charge in [-0.2, -0.15) is 13.2 Å². The number of H-pyrrole nitrogens is 1. The molecule has 1 aromatic heterocycles. The molecule has 1 fully saturated rings. The van der Waals surface area contributed by atoms with Gasteiger partial charge in [0.05, 0.1) is 18.2 Å². The van der Waals surface area contributed by atoms with Gasteiger partial charge >= 0.3 is 12.1 Å². The maximum absolute atomic E-state index is 12.5. The molecule has 0 radical (unpaired) electrons. The van der Waals surface area contributed by atoms with Gasteiger partial charge in [0.25, 0.3) is 0 Å². The molecule has 3 rings (SSSR count). The summed E-state index contributed by atoms with van der Waals surface area (Å²) in [5.41, 5.74) is 2.25. The number of amides is 2. The summed E-state index contributed by atoms with van der Waals surface area (Å²) in [6, 6.07) is 7.18. The fourth-order valence-corrected chi connectivity index (χ4v) is 2.95. The molecular weight excluding hydrogens is 349 g/mol. The van der Waals surface area contributed by atoms with E-state index in [4.69, 9.17) is 0 Å². The highest BCUT2D eigenvalue weighted by atomic mass is 19.4. The average Bonchev–Trinajstić information content (AvgIpc) is 3.15. The molecule has 2 aromatic rings. The van der Waals surface area contributed by atoms with Crippen LogP contribution in [-0.2, 0) is 9.59 Å². The third-order valence-electron chi connectivity index (χ3n) is 4.33. The van der Waals surface area contributed by atoms with Gasteiger partial charge < -0.3 is 15.2 Å². The van der Waals surface area contributed by atoms with Gasteiger partial charge in [0.2, 0.25) is 5.91 Å². The van der Waals surface area contributed by atoms with Crippen LogP contribution >= 0.6 is 0 Å². The van der Waals surface area contributed by atoms with Crippen molar-refractivity contribution in [3.05, 3.63) is 36.8 Å². The molecule has 2 amide bonds. The molecule has 0 spiro atoms. The van der Waals surface area contributed by atoms with E-state index < -0.39 is 18.0 Å². The molecule has 6 nitrogen and oxygen atoms in total. The van der Waals surface area contributed by atoms with Gasteiger partial charge in [-0.05, 0) is 25.0 Å². The topological polar surface area (TPSA) is 78.1 Å². The van der Waals surface area contributed by atoms with Crippen molar-refractivity contribution < 1.29 is 22.8 Å². The molecule has 0 unspecified atom stereocenters. The van der Waals surface area contributed by atoms with Crippen LogP contribution in [0.4, 0.5) is 18.9 Å². The smallest absolute Gasteiger partial charge is 0.345 e. The largest absolute Gasteiger partial charge is 0.471 e. The van der Waals surface area contributed by atoms with Crippen molar-refractivity contribution in [2.45, 2.75) is 19.0 Å². The van der Waals surface area contributed by atoms with Gasteiger partial charge in [-0.15, -0.1) is 0 Å². The van der Waals surface area contributed by atoms with Gasteiger partial charge in [-0.25, -0.2) is 4.98 Å². The molecule has 1 aliphatic heterocycles. The molecule has 2 heterocycles. The van der Waals surface area contributed by atoms with Crippen LogP contribution < -0.4 is 5.32 Å². The first-order valence-electron chi connectivity index (χ1n) is 8.10. The van der Waals surface area contributed by atoms with Crippen LogP contribution in [0.15, 0.2) is 36.8 Å². The number of halogens is 3. The van der Waals surface area contributed by atoms with E-state index in [2.05, 4.69) is 15.3 Å². The van der Waals surface area contributed by atoms with E-state index in [1.54, 1.807) is 30.7 Å². The summed E-state index contributed by atoms with van der Waals surface area (Å²) in [6.45, 7) is -0.158. The Kier molecular flexibility index (Phi) is 4.97. The van der Waals surface area contributed by atoms with E-state index in [1.165, 1.54) is 0 Å². The Morgan fingerprint density at radius 3 is 2.58 bits per heavy atom. The van der Waals surface area contributed by atoms with Crippen molar-refractivity contribution >= 4 is 17.5 Å². The number of hydrogen-bond acceptors (Lipinski definition) is 3. The van der Waals surface area contributed by atoms with E-state index in [9.17, 15) is 22.8 Å². The Bertz CT molecular complexity index is 782. The summed E-state index contributed by atoms with van der Waals surface area (Å²) in [5.74, 6) is -2.53.